The molecule has 11 heteroatoms. The number of aliphatic hydroxyl groups excluding tert-OH is 1. The zero-order chi connectivity index (χ0) is 26.0. The van der Waals surface area contributed by atoms with Crippen LogP contribution in [0, 0.1) is 0 Å². The van der Waals surface area contributed by atoms with Crippen LogP contribution in [0.2, 0.25) is 0 Å². The summed E-state index contributed by atoms with van der Waals surface area (Å²) in [6.07, 6.45) is 1.77. The largest absolute Gasteiger partial charge is 0.508 e. The third-order valence-corrected chi connectivity index (χ3v) is 7.78. The van der Waals surface area contributed by atoms with Gasteiger partial charge < -0.3 is 25.0 Å². The number of phenolic OH excluding ortho intramolecular Hbond substituents is 1. The highest BCUT2D eigenvalue weighted by Crippen LogP contribution is 2.18. The Morgan fingerprint density at radius 1 is 1.14 bits per heavy atom. The molecule has 0 spiro atoms. The molecule has 2 aromatic rings. The van der Waals surface area contributed by atoms with E-state index in [0.29, 0.717) is 37.5 Å². The van der Waals surface area contributed by atoms with Crippen LogP contribution in [0.5, 0.6) is 11.5 Å². The van der Waals surface area contributed by atoms with Gasteiger partial charge in [0.1, 0.15) is 24.2 Å². The van der Waals surface area contributed by atoms with Gasteiger partial charge in [-0.05, 0) is 61.2 Å². The van der Waals surface area contributed by atoms with Crippen LogP contribution in [0.4, 0.5) is 10.5 Å². The molecule has 0 radical (unpaired) electrons. The van der Waals surface area contributed by atoms with Gasteiger partial charge in [0.25, 0.3) is 0 Å². The van der Waals surface area contributed by atoms with E-state index in [1.165, 1.54) is 23.5 Å². The zero-order valence-electron chi connectivity index (χ0n) is 20.4. The van der Waals surface area contributed by atoms with E-state index >= 15 is 0 Å². The molecule has 4 N–H and O–H groups in total. The minimum atomic E-state index is -3.29. The summed E-state index contributed by atoms with van der Waals surface area (Å²) >= 11 is 0. The molecule has 1 heterocycles. The number of aromatic hydroxyl groups is 1. The fourth-order valence-corrected chi connectivity index (χ4v) is 5.42. The fraction of sp³-hybridized carbons (Fsp3) is 0.480. The van der Waals surface area contributed by atoms with Gasteiger partial charge >= 0.3 is 6.09 Å². The molecule has 1 fully saturated rings. The summed E-state index contributed by atoms with van der Waals surface area (Å²) in [6.45, 7) is 1.19. The van der Waals surface area contributed by atoms with Crippen molar-refractivity contribution in [3.8, 4) is 11.5 Å². The third-order valence-electron chi connectivity index (χ3n) is 5.89. The smallest absolute Gasteiger partial charge is 0.411 e. The highest BCUT2D eigenvalue weighted by Gasteiger charge is 2.35. The molecular formula is C25H35N3O7S. The van der Waals surface area contributed by atoms with E-state index in [1.807, 2.05) is 18.2 Å². The van der Waals surface area contributed by atoms with E-state index in [2.05, 4.69) is 15.4 Å². The number of methoxy groups -OCH3 is 1. The zero-order valence-corrected chi connectivity index (χ0v) is 21.2. The molecular weight excluding hydrogens is 486 g/mol. The van der Waals surface area contributed by atoms with Crippen LogP contribution in [0.25, 0.3) is 0 Å². The number of hydrogen-bond acceptors (Lipinski definition) is 8. The van der Waals surface area contributed by atoms with Crippen molar-refractivity contribution in [1.82, 2.24) is 9.62 Å². The van der Waals surface area contributed by atoms with E-state index in [4.69, 9.17) is 4.74 Å². The lowest BCUT2D eigenvalue weighted by Gasteiger charge is -2.39. The minimum Gasteiger partial charge on any atom is -0.508 e. The maximum absolute atomic E-state index is 12.5. The van der Waals surface area contributed by atoms with Gasteiger partial charge in [0.2, 0.25) is 10.0 Å². The van der Waals surface area contributed by atoms with Crippen LogP contribution < -0.4 is 15.4 Å². The number of carbonyl (C=O) groups excluding carboxylic acids is 1. The van der Waals surface area contributed by atoms with Gasteiger partial charge in [-0.25, -0.2) is 13.2 Å². The number of phenols is 1. The first-order valence-electron chi connectivity index (χ1n) is 12.0. The monoisotopic (exact) mass is 521 g/mol. The van der Waals surface area contributed by atoms with Crippen molar-refractivity contribution in [1.29, 1.82) is 0 Å². The van der Waals surface area contributed by atoms with Crippen molar-refractivity contribution in [2.75, 3.05) is 44.4 Å². The van der Waals surface area contributed by atoms with Gasteiger partial charge in [-0.1, -0.05) is 18.6 Å². The van der Waals surface area contributed by atoms with Crippen molar-refractivity contribution >= 4 is 21.8 Å². The number of benzene rings is 2. The first-order chi connectivity index (χ1) is 17.2. The third kappa shape index (κ3) is 8.98. The molecule has 1 saturated heterocycles. The fourth-order valence-electron chi connectivity index (χ4n) is 3.78. The van der Waals surface area contributed by atoms with Crippen molar-refractivity contribution in [3.05, 3.63) is 54.1 Å². The van der Waals surface area contributed by atoms with Gasteiger partial charge in [-0.3, -0.25) is 5.32 Å². The van der Waals surface area contributed by atoms with Crippen molar-refractivity contribution in [3.63, 3.8) is 0 Å². The van der Waals surface area contributed by atoms with Crippen molar-refractivity contribution in [2.24, 2.45) is 0 Å². The number of aryl methyl sites for hydroxylation is 1. The summed E-state index contributed by atoms with van der Waals surface area (Å²) in [5, 5.41) is 25.2. The van der Waals surface area contributed by atoms with Gasteiger partial charge in [0.15, 0.2) is 0 Å². The number of hydrogen-bond donors (Lipinski definition) is 4. The molecule has 1 aliphatic heterocycles. The Labute approximate surface area is 212 Å². The summed E-state index contributed by atoms with van der Waals surface area (Å²) in [4.78, 5) is 11.3. The van der Waals surface area contributed by atoms with E-state index < -0.39 is 22.2 Å². The second-order valence-electron chi connectivity index (χ2n) is 8.82. The molecule has 0 bridgehead atoms. The predicted octanol–water partition coefficient (Wildman–Crippen LogP) is 2.33. The first-order valence-corrected chi connectivity index (χ1v) is 13.6. The van der Waals surface area contributed by atoms with E-state index in [-0.39, 0.29) is 24.2 Å². The lowest BCUT2D eigenvalue weighted by molar-refractivity contribution is 0.0957. The molecule has 198 valence electrons. The van der Waals surface area contributed by atoms with Crippen LogP contribution in [0.15, 0.2) is 48.5 Å². The van der Waals surface area contributed by atoms with Crippen molar-refractivity contribution in [2.45, 2.75) is 37.8 Å². The Morgan fingerprint density at radius 3 is 2.61 bits per heavy atom. The number of amides is 1. The maximum Gasteiger partial charge on any atom is 0.411 e. The maximum atomic E-state index is 12.5. The van der Waals surface area contributed by atoms with Gasteiger partial charge in [0.05, 0.1) is 12.9 Å². The Hall–Kier alpha value is -2.86. The second-order valence-corrected chi connectivity index (χ2v) is 10.9. The van der Waals surface area contributed by atoms with Crippen LogP contribution in [0.3, 0.4) is 0 Å². The Morgan fingerprint density at radius 2 is 1.89 bits per heavy atom. The van der Waals surface area contributed by atoms with E-state index in [9.17, 15) is 23.4 Å². The lowest BCUT2D eigenvalue weighted by Crippen LogP contribution is -2.61. The summed E-state index contributed by atoms with van der Waals surface area (Å²) < 4.78 is 36.6. The first kappa shape index (κ1) is 27.7. The number of ether oxygens (including phenoxy) is 2. The number of aliphatic hydroxyl groups is 1. The highest BCUT2D eigenvalue weighted by molar-refractivity contribution is 7.89. The molecule has 1 amide bonds. The predicted molar refractivity (Wildman–Crippen MR) is 137 cm³/mol. The summed E-state index contributed by atoms with van der Waals surface area (Å²) in [5.74, 6) is 0.815. The Balaban J connectivity index is 1.26. The molecule has 1 atom stereocenters. The topological polar surface area (TPSA) is 137 Å². The number of nitrogens with zero attached hydrogens (tertiary/aromatic N) is 1. The molecule has 3 rings (SSSR count). The number of sulfonamides is 1. The highest BCUT2D eigenvalue weighted by atomic mass is 32.2. The molecule has 0 saturated carbocycles. The number of nitrogens with one attached hydrogen (secondary N) is 2. The normalized spacial score (nSPS) is 15.2. The molecule has 0 aliphatic carbocycles. The van der Waals surface area contributed by atoms with Crippen LogP contribution in [-0.4, -0.2) is 80.3 Å². The Bertz CT molecular complexity index is 1070. The van der Waals surface area contributed by atoms with E-state index in [0.717, 1.165) is 24.8 Å². The van der Waals surface area contributed by atoms with Gasteiger partial charge in [-0.2, -0.15) is 4.31 Å². The van der Waals surface area contributed by atoms with Gasteiger partial charge in [-0.15, -0.1) is 0 Å². The summed E-state index contributed by atoms with van der Waals surface area (Å²) in [6, 6.07) is 13.8. The molecule has 0 aromatic heterocycles. The SMILES string of the molecule is COC(=O)Nc1cccc(CCCCCS(=O)(=O)N2CC(NCC(O)COc3ccc(O)cc3)C2)c1. The quantitative estimate of drug-likeness (QED) is 0.278. The number of unbranched alkanes of at least 4 members (excludes halogenated alkanes) is 2. The van der Waals surface area contributed by atoms with Crippen LogP contribution >= 0.6 is 0 Å². The molecule has 1 aliphatic rings. The number of carbonyl (C=O) groups is 1. The van der Waals surface area contributed by atoms with Crippen LogP contribution in [-0.2, 0) is 21.2 Å². The molecule has 10 nitrogen and oxygen atoms in total. The lowest BCUT2D eigenvalue weighted by atomic mass is 10.1. The molecule has 2 aromatic carbocycles. The number of rotatable bonds is 14. The molecule has 1 unspecified atom stereocenters. The van der Waals surface area contributed by atoms with Crippen LogP contribution in [0.1, 0.15) is 24.8 Å². The second kappa shape index (κ2) is 13.4. The van der Waals surface area contributed by atoms with Crippen molar-refractivity contribution < 1.29 is 32.9 Å². The average molecular weight is 522 g/mol. The molecule has 36 heavy (non-hydrogen) atoms. The van der Waals surface area contributed by atoms with Gasteiger partial charge in [0, 0.05) is 31.4 Å². The number of anilines is 1. The standard InChI is InChI=1S/C25H35N3O7S/c1-34-25(31)27-20-8-5-7-19(14-20)6-3-2-4-13-36(32,33)28-16-21(17-28)26-15-23(30)18-35-24-11-9-22(29)10-12-24/h5,7-12,14,21,23,26,29-30H,2-4,6,13,15-18H2,1H3,(H,27,31). The summed E-state index contributed by atoms with van der Waals surface area (Å²) in [5.41, 5.74) is 1.74. The minimum absolute atomic E-state index is 0.00831. The van der Waals surface area contributed by atoms with E-state index in [1.54, 1.807) is 18.2 Å². The average Bonchev–Trinajstić information content (AvgIpc) is 2.82. The summed E-state index contributed by atoms with van der Waals surface area (Å²) in [7, 11) is -1.98. The Kier molecular flexibility index (Phi) is 10.4.